The fraction of sp³-hybridized carbons (Fsp3) is 0. The van der Waals surface area contributed by atoms with Crippen LogP contribution in [0.3, 0.4) is 0 Å². The molecule has 0 unspecified atom stereocenters. The molecule has 0 fully saturated rings. The average Bonchev–Trinajstić information content (AvgIpc) is 3.76. The van der Waals surface area contributed by atoms with Crippen molar-refractivity contribution in [3.8, 4) is 22.5 Å². The van der Waals surface area contributed by atoms with Crippen LogP contribution in [-0.4, -0.2) is 9.13 Å². The van der Waals surface area contributed by atoms with E-state index in [2.05, 4.69) is 161 Å². The Balaban J connectivity index is 1.29. The van der Waals surface area contributed by atoms with Gasteiger partial charge in [-0.3, -0.25) is 0 Å². The van der Waals surface area contributed by atoms with Crippen LogP contribution in [0.2, 0.25) is 0 Å². The molecule has 3 heteroatoms. The highest BCUT2D eigenvalue weighted by molar-refractivity contribution is 6.13. The highest BCUT2D eigenvalue weighted by Gasteiger charge is 2.19. The summed E-state index contributed by atoms with van der Waals surface area (Å²) in [7, 11) is 0. The molecule has 45 heavy (non-hydrogen) atoms. The second-order valence-corrected chi connectivity index (χ2v) is 11.8. The minimum atomic E-state index is 0.895. The zero-order chi connectivity index (χ0) is 29.5. The van der Waals surface area contributed by atoms with Gasteiger partial charge in [0.1, 0.15) is 11.2 Å². The number of hydrogen-bond acceptors (Lipinski definition) is 1. The van der Waals surface area contributed by atoms with Gasteiger partial charge in [0, 0.05) is 49.3 Å². The number of furan rings is 1. The van der Waals surface area contributed by atoms with Crippen LogP contribution in [0.25, 0.3) is 88.1 Å². The number of benzene rings is 7. The lowest BCUT2D eigenvalue weighted by Gasteiger charge is -2.13. The van der Waals surface area contributed by atoms with E-state index < -0.39 is 0 Å². The maximum Gasteiger partial charge on any atom is 0.143 e. The Morgan fingerprint density at radius 1 is 0.356 bits per heavy atom. The smallest absolute Gasteiger partial charge is 0.143 e. The maximum atomic E-state index is 6.64. The van der Waals surface area contributed by atoms with Gasteiger partial charge in [-0.1, -0.05) is 103 Å². The highest BCUT2D eigenvalue weighted by Crippen LogP contribution is 2.41. The van der Waals surface area contributed by atoms with Crippen LogP contribution < -0.4 is 0 Å². The van der Waals surface area contributed by atoms with Crippen LogP contribution >= 0.6 is 0 Å². The summed E-state index contributed by atoms with van der Waals surface area (Å²) in [6.07, 6.45) is 0. The molecule has 0 atom stereocenters. The summed E-state index contributed by atoms with van der Waals surface area (Å²) in [5.41, 5.74) is 11.0. The minimum Gasteiger partial charge on any atom is -0.455 e. The number of rotatable bonds is 3. The molecule has 210 valence electrons. The van der Waals surface area contributed by atoms with Gasteiger partial charge in [0.15, 0.2) is 0 Å². The Morgan fingerprint density at radius 2 is 0.844 bits per heavy atom. The average molecular weight is 575 g/mol. The van der Waals surface area contributed by atoms with Gasteiger partial charge in [0.25, 0.3) is 0 Å². The van der Waals surface area contributed by atoms with Gasteiger partial charge >= 0.3 is 0 Å². The van der Waals surface area contributed by atoms with Crippen molar-refractivity contribution in [2.24, 2.45) is 0 Å². The molecule has 3 heterocycles. The van der Waals surface area contributed by atoms with Gasteiger partial charge < -0.3 is 13.6 Å². The highest BCUT2D eigenvalue weighted by atomic mass is 16.3. The Morgan fingerprint density at radius 3 is 1.42 bits per heavy atom. The molecule has 7 aromatic carbocycles. The van der Waals surface area contributed by atoms with Crippen LogP contribution in [0.5, 0.6) is 0 Å². The van der Waals surface area contributed by atoms with E-state index in [9.17, 15) is 0 Å². The second-order valence-electron chi connectivity index (χ2n) is 11.8. The quantitative estimate of drug-likeness (QED) is 0.206. The standard InChI is InChI=1S/C42H26N2O/c1-6-19-37-30(14-1)31-15-2-7-20-38(31)43(37)28-13-11-12-27(24-28)35-25-29(26-36-34-18-5-10-23-41(34)45-42(35)36)44-39-21-8-3-16-32(39)33-17-4-9-22-40(33)44/h1-26H. The van der Waals surface area contributed by atoms with E-state index in [1.807, 2.05) is 6.07 Å². The molecule has 0 radical (unpaired) electrons. The number of hydrogen-bond donors (Lipinski definition) is 0. The van der Waals surface area contributed by atoms with Crippen molar-refractivity contribution in [3.05, 3.63) is 158 Å². The van der Waals surface area contributed by atoms with Crippen molar-refractivity contribution in [1.82, 2.24) is 9.13 Å². The molecule has 0 bridgehead atoms. The van der Waals surface area contributed by atoms with Gasteiger partial charge in [-0.2, -0.15) is 0 Å². The molecular weight excluding hydrogens is 548 g/mol. The van der Waals surface area contributed by atoms with Crippen molar-refractivity contribution < 1.29 is 4.42 Å². The molecule has 0 N–H and O–H groups in total. The molecular formula is C42H26N2O. The molecule has 3 aromatic heterocycles. The number of aromatic nitrogens is 2. The van der Waals surface area contributed by atoms with E-state index >= 15 is 0 Å². The summed E-state index contributed by atoms with van der Waals surface area (Å²) in [5.74, 6) is 0. The van der Waals surface area contributed by atoms with E-state index in [0.717, 1.165) is 44.4 Å². The predicted octanol–water partition coefficient (Wildman–Crippen LogP) is 11.4. The largest absolute Gasteiger partial charge is 0.455 e. The molecule has 3 nitrogen and oxygen atoms in total. The number of nitrogens with zero attached hydrogens (tertiary/aromatic N) is 2. The third-order valence-corrected chi connectivity index (χ3v) is 9.30. The first-order valence-electron chi connectivity index (χ1n) is 15.4. The van der Waals surface area contributed by atoms with Crippen LogP contribution in [0.15, 0.2) is 162 Å². The molecule has 0 aliphatic carbocycles. The monoisotopic (exact) mass is 574 g/mol. The summed E-state index contributed by atoms with van der Waals surface area (Å²) in [5, 5.41) is 7.25. The molecule has 0 aliphatic heterocycles. The minimum absolute atomic E-state index is 0.895. The Kier molecular flexibility index (Phi) is 5.00. The van der Waals surface area contributed by atoms with Crippen LogP contribution in [0, 0.1) is 0 Å². The normalized spacial score (nSPS) is 12.0. The third kappa shape index (κ3) is 3.46. The summed E-state index contributed by atoms with van der Waals surface area (Å²) in [4.78, 5) is 0. The third-order valence-electron chi connectivity index (χ3n) is 9.30. The summed E-state index contributed by atoms with van der Waals surface area (Å²) in [6.45, 7) is 0. The molecule has 0 spiro atoms. The summed E-state index contributed by atoms with van der Waals surface area (Å²) in [6, 6.07) is 56.5. The molecule has 10 aromatic rings. The number of para-hydroxylation sites is 5. The van der Waals surface area contributed by atoms with Crippen molar-refractivity contribution >= 4 is 65.6 Å². The molecule has 0 saturated carbocycles. The SMILES string of the molecule is c1cc(-c2cc(-n3c4ccccc4c4ccccc43)cc3c2oc2ccccc23)cc(-n2c3ccccc3c3ccccc32)c1. The van der Waals surface area contributed by atoms with E-state index in [0.29, 0.717) is 0 Å². The molecule has 10 rings (SSSR count). The van der Waals surface area contributed by atoms with Gasteiger partial charge in [0.05, 0.1) is 22.1 Å². The maximum absolute atomic E-state index is 6.64. The van der Waals surface area contributed by atoms with Crippen LogP contribution in [0.1, 0.15) is 0 Å². The van der Waals surface area contributed by atoms with Crippen LogP contribution in [0.4, 0.5) is 0 Å². The first-order valence-corrected chi connectivity index (χ1v) is 15.4. The van der Waals surface area contributed by atoms with Crippen LogP contribution in [-0.2, 0) is 0 Å². The zero-order valence-corrected chi connectivity index (χ0v) is 24.3. The van der Waals surface area contributed by atoms with Gasteiger partial charge in [0.2, 0.25) is 0 Å². The Hall–Kier alpha value is -6.06. The first kappa shape index (κ1) is 24.4. The van der Waals surface area contributed by atoms with Gasteiger partial charge in [-0.25, -0.2) is 0 Å². The van der Waals surface area contributed by atoms with E-state index in [1.165, 1.54) is 43.6 Å². The Labute approximate surface area is 258 Å². The lowest BCUT2D eigenvalue weighted by atomic mass is 10.0. The van der Waals surface area contributed by atoms with E-state index in [4.69, 9.17) is 4.42 Å². The van der Waals surface area contributed by atoms with Gasteiger partial charge in [-0.05, 0) is 60.2 Å². The fourth-order valence-electron chi connectivity index (χ4n) is 7.37. The second kappa shape index (κ2) is 9.22. The topological polar surface area (TPSA) is 23.0 Å². The summed E-state index contributed by atoms with van der Waals surface area (Å²) < 4.78 is 11.4. The Bertz CT molecular complexity index is 2670. The fourth-order valence-corrected chi connectivity index (χ4v) is 7.37. The predicted molar refractivity (Wildman–Crippen MR) is 188 cm³/mol. The lowest BCUT2D eigenvalue weighted by Crippen LogP contribution is -1.96. The molecule has 0 amide bonds. The zero-order valence-electron chi connectivity index (χ0n) is 24.3. The van der Waals surface area contributed by atoms with Crippen molar-refractivity contribution in [3.63, 3.8) is 0 Å². The first-order chi connectivity index (χ1) is 22.3. The lowest BCUT2D eigenvalue weighted by molar-refractivity contribution is 0.670. The number of fused-ring (bicyclic) bond motifs is 9. The molecule has 0 saturated heterocycles. The van der Waals surface area contributed by atoms with Gasteiger partial charge in [-0.15, -0.1) is 0 Å². The summed E-state index contributed by atoms with van der Waals surface area (Å²) >= 11 is 0. The van der Waals surface area contributed by atoms with Crippen molar-refractivity contribution in [2.45, 2.75) is 0 Å². The molecule has 0 aliphatic rings. The van der Waals surface area contributed by atoms with Crippen molar-refractivity contribution in [1.29, 1.82) is 0 Å². The van der Waals surface area contributed by atoms with E-state index in [-0.39, 0.29) is 0 Å². The van der Waals surface area contributed by atoms with E-state index in [1.54, 1.807) is 0 Å². The van der Waals surface area contributed by atoms with Crippen molar-refractivity contribution in [2.75, 3.05) is 0 Å².